The maximum atomic E-state index is 11.5. The summed E-state index contributed by atoms with van der Waals surface area (Å²) in [4.78, 5) is 11.5. The van der Waals surface area contributed by atoms with Crippen LogP contribution in [0.1, 0.15) is 17.3 Å². The van der Waals surface area contributed by atoms with Crippen molar-refractivity contribution in [2.45, 2.75) is 26.1 Å². The number of carbonyl (C=O) groups excluding carboxylic acids is 1. The monoisotopic (exact) mass is 248 g/mol. The molecular formula is C14H20O2Si. The van der Waals surface area contributed by atoms with Crippen LogP contribution in [-0.2, 0) is 4.74 Å². The predicted octanol–water partition coefficient (Wildman–Crippen LogP) is 2.96. The molecule has 0 saturated heterocycles. The summed E-state index contributed by atoms with van der Waals surface area (Å²) in [5.41, 5.74) is 0.624. The second-order valence-electron chi connectivity index (χ2n) is 4.67. The Morgan fingerprint density at radius 3 is 2.41 bits per heavy atom. The molecule has 0 N–H and O–H groups in total. The van der Waals surface area contributed by atoms with E-state index in [1.807, 2.05) is 37.3 Å². The van der Waals surface area contributed by atoms with Crippen LogP contribution in [0, 0.1) is 0 Å². The van der Waals surface area contributed by atoms with Gasteiger partial charge >= 0.3 is 5.97 Å². The zero-order valence-electron chi connectivity index (χ0n) is 10.8. The molecule has 1 rings (SSSR count). The summed E-state index contributed by atoms with van der Waals surface area (Å²) >= 11 is 0. The van der Waals surface area contributed by atoms with Crippen LogP contribution in [-0.4, -0.2) is 20.7 Å². The fourth-order valence-electron chi connectivity index (χ4n) is 1.75. The lowest BCUT2D eigenvalue weighted by Crippen LogP contribution is -2.40. The van der Waals surface area contributed by atoms with Crippen molar-refractivity contribution in [1.29, 1.82) is 0 Å². The topological polar surface area (TPSA) is 26.3 Å². The minimum absolute atomic E-state index is 0.248. The highest BCUT2D eigenvalue weighted by Crippen LogP contribution is 2.11. The Bertz CT molecular complexity index is 393. The first-order chi connectivity index (χ1) is 8.01. The van der Waals surface area contributed by atoms with Crippen molar-refractivity contribution in [2.24, 2.45) is 0 Å². The third-order valence-corrected chi connectivity index (χ3v) is 6.04. The zero-order valence-corrected chi connectivity index (χ0v) is 11.8. The van der Waals surface area contributed by atoms with Gasteiger partial charge < -0.3 is 4.74 Å². The number of allylic oxidation sites excluding steroid dienone is 1. The van der Waals surface area contributed by atoms with Crippen molar-refractivity contribution in [1.82, 2.24) is 0 Å². The lowest BCUT2D eigenvalue weighted by Gasteiger charge is -2.21. The highest BCUT2D eigenvalue weighted by Gasteiger charge is 2.21. The standard InChI is InChI=1S/C14H20O2Si/c1-5-11-17(3,4)13-9-7-12(8-10-13)14(15)16-6-2/h5,7-10H,1,6,11H2,2-4H3. The van der Waals surface area contributed by atoms with Gasteiger partial charge in [0.05, 0.1) is 20.2 Å². The molecule has 0 heterocycles. The maximum Gasteiger partial charge on any atom is 0.338 e. The van der Waals surface area contributed by atoms with E-state index in [-0.39, 0.29) is 5.97 Å². The summed E-state index contributed by atoms with van der Waals surface area (Å²) in [6, 6.07) is 8.84. The van der Waals surface area contributed by atoms with Gasteiger partial charge in [-0.3, -0.25) is 0 Å². The quantitative estimate of drug-likeness (QED) is 0.455. The molecule has 1 aromatic carbocycles. The van der Waals surface area contributed by atoms with E-state index in [2.05, 4.69) is 19.7 Å². The molecule has 0 aliphatic heterocycles. The van der Waals surface area contributed by atoms with Gasteiger partial charge in [-0.15, -0.1) is 6.58 Å². The van der Waals surface area contributed by atoms with Crippen molar-refractivity contribution < 1.29 is 9.53 Å². The Morgan fingerprint density at radius 1 is 1.35 bits per heavy atom. The van der Waals surface area contributed by atoms with Gasteiger partial charge in [0.15, 0.2) is 0 Å². The SMILES string of the molecule is C=CC[Si](C)(C)c1ccc(C(=O)OCC)cc1. The molecule has 0 fully saturated rings. The largest absolute Gasteiger partial charge is 0.462 e. The van der Waals surface area contributed by atoms with Crippen LogP contribution in [0.4, 0.5) is 0 Å². The Hall–Kier alpha value is -1.35. The molecular weight excluding hydrogens is 228 g/mol. The van der Waals surface area contributed by atoms with Gasteiger partial charge in [-0.25, -0.2) is 4.79 Å². The van der Waals surface area contributed by atoms with E-state index in [1.54, 1.807) is 0 Å². The van der Waals surface area contributed by atoms with Crippen molar-refractivity contribution in [2.75, 3.05) is 6.61 Å². The molecule has 17 heavy (non-hydrogen) atoms. The summed E-state index contributed by atoms with van der Waals surface area (Å²) in [5.74, 6) is -0.248. The molecule has 0 saturated carbocycles. The van der Waals surface area contributed by atoms with E-state index in [9.17, 15) is 4.79 Å². The van der Waals surface area contributed by atoms with E-state index in [0.29, 0.717) is 12.2 Å². The molecule has 0 spiro atoms. The Balaban J connectivity index is 2.87. The summed E-state index contributed by atoms with van der Waals surface area (Å²) in [6.45, 7) is 10.6. The average molecular weight is 248 g/mol. The van der Waals surface area contributed by atoms with Crippen LogP contribution in [0.15, 0.2) is 36.9 Å². The Morgan fingerprint density at radius 2 is 1.94 bits per heavy atom. The minimum Gasteiger partial charge on any atom is -0.462 e. The lowest BCUT2D eigenvalue weighted by molar-refractivity contribution is 0.0526. The number of rotatable bonds is 5. The number of hydrogen-bond acceptors (Lipinski definition) is 2. The van der Waals surface area contributed by atoms with Gasteiger partial charge in [0.2, 0.25) is 0 Å². The predicted molar refractivity (Wildman–Crippen MR) is 74.5 cm³/mol. The van der Waals surface area contributed by atoms with Gasteiger partial charge in [0, 0.05) is 0 Å². The molecule has 0 bridgehead atoms. The normalized spacial score (nSPS) is 11.0. The highest BCUT2D eigenvalue weighted by atomic mass is 28.3. The van der Waals surface area contributed by atoms with Gasteiger partial charge in [-0.1, -0.05) is 36.5 Å². The van der Waals surface area contributed by atoms with E-state index in [1.165, 1.54) is 5.19 Å². The number of ether oxygens (including phenoxy) is 1. The molecule has 0 aromatic heterocycles. The van der Waals surface area contributed by atoms with Crippen LogP contribution in [0.5, 0.6) is 0 Å². The molecule has 2 nitrogen and oxygen atoms in total. The molecule has 0 atom stereocenters. The molecule has 0 radical (unpaired) electrons. The van der Waals surface area contributed by atoms with Crippen LogP contribution in [0.2, 0.25) is 19.1 Å². The van der Waals surface area contributed by atoms with Crippen molar-refractivity contribution >= 4 is 19.2 Å². The smallest absolute Gasteiger partial charge is 0.338 e. The second kappa shape index (κ2) is 5.82. The molecule has 0 aliphatic carbocycles. The molecule has 0 unspecified atom stereocenters. The van der Waals surface area contributed by atoms with E-state index in [4.69, 9.17) is 4.74 Å². The van der Waals surface area contributed by atoms with Gasteiger partial charge in [-0.2, -0.15) is 0 Å². The van der Waals surface area contributed by atoms with E-state index in [0.717, 1.165) is 6.04 Å². The molecule has 0 amide bonds. The summed E-state index contributed by atoms with van der Waals surface area (Å²) in [7, 11) is -1.43. The minimum atomic E-state index is -1.43. The van der Waals surface area contributed by atoms with Crippen molar-refractivity contribution in [3.05, 3.63) is 42.5 Å². The average Bonchev–Trinajstić information content (AvgIpc) is 2.29. The summed E-state index contributed by atoms with van der Waals surface area (Å²) in [5, 5.41) is 1.34. The maximum absolute atomic E-state index is 11.5. The van der Waals surface area contributed by atoms with Crippen molar-refractivity contribution in [3.8, 4) is 0 Å². The van der Waals surface area contributed by atoms with E-state index >= 15 is 0 Å². The Kier molecular flexibility index (Phi) is 4.69. The molecule has 92 valence electrons. The fourth-order valence-corrected chi connectivity index (χ4v) is 3.78. The van der Waals surface area contributed by atoms with Crippen LogP contribution >= 0.6 is 0 Å². The molecule has 1 aromatic rings. The Labute approximate surface area is 104 Å². The third kappa shape index (κ3) is 3.56. The first-order valence-corrected chi connectivity index (χ1v) is 9.10. The fraction of sp³-hybridized carbons (Fsp3) is 0.357. The number of esters is 1. The lowest BCUT2D eigenvalue weighted by atomic mass is 10.2. The summed E-state index contributed by atoms with van der Waals surface area (Å²) < 4.78 is 4.96. The van der Waals surface area contributed by atoms with Gasteiger partial charge in [0.1, 0.15) is 0 Å². The first kappa shape index (κ1) is 13.7. The van der Waals surface area contributed by atoms with Crippen LogP contribution < -0.4 is 5.19 Å². The van der Waals surface area contributed by atoms with Crippen molar-refractivity contribution in [3.63, 3.8) is 0 Å². The number of carbonyl (C=O) groups is 1. The highest BCUT2D eigenvalue weighted by molar-refractivity contribution is 6.90. The van der Waals surface area contributed by atoms with Gasteiger partial charge in [0.25, 0.3) is 0 Å². The van der Waals surface area contributed by atoms with Gasteiger partial charge in [-0.05, 0) is 25.1 Å². The number of hydrogen-bond donors (Lipinski definition) is 0. The second-order valence-corrected chi connectivity index (χ2v) is 9.43. The first-order valence-electron chi connectivity index (χ1n) is 5.90. The molecule has 3 heteroatoms. The molecule has 0 aliphatic rings. The zero-order chi connectivity index (χ0) is 12.9. The van der Waals surface area contributed by atoms with Crippen LogP contribution in [0.3, 0.4) is 0 Å². The third-order valence-electron chi connectivity index (χ3n) is 2.83. The van der Waals surface area contributed by atoms with E-state index < -0.39 is 8.07 Å². The number of benzene rings is 1. The summed E-state index contributed by atoms with van der Waals surface area (Å²) in [6.07, 6.45) is 1.98. The van der Waals surface area contributed by atoms with Crippen LogP contribution in [0.25, 0.3) is 0 Å².